The third-order valence-electron chi connectivity index (χ3n) is 3.70. The van der Waals surface area contributed by atoms with Gasteiger partial charge in [0.2, 0.25) is 0 Å². The molecule has 0 aromatic rings. The van der Waals surface area contributed by atoms with Gasteiger partial charge in [-0.2, -0.15) is 0 Å². The van der Waals surface area contributed by atoms with E-state index in [1.54, 1.807) is 0 Å². The van der Waals surface area contributed by atoms with Gasteiger partial charge in [-0.1, -0.05) is 78.1 Å². The number of carbonyl (C=O) groups is 2. The smallest absolute Gasteiger partial charge is 0.759 e. The second-order valence-corrected chi connectivity index (χ2v) is 7.11. The molecule has 0 aliphatic rings. The Morgan fingerprint density at radius 1 is 0.643 bits per heavy atom. The van der Waals surface area contributed by atoms with Crippen LogP contribution in [0.1, 0.15) is 104 Å². The van der Waals surface area contributed by atoms with Crippen LogP contribution in [0.2, 0.25) is 0 Å². The Bertz CT molecular complexity index is 423. The Morgan fingerprint density at radius 3 is 1.18 bits per heavy atom. The maximum atomic E-state index is 11.5. The minimum absolute atomic E-state index is 0. The van der Waals surface area contributed by atoms with Gasteiger partial charge in [0.25, 0.3) is 0 Å². The molecule has 0 aromatic heterocycles. The third-order valence-corrected chi connectivity index (χ3v) is 3.70. The van der Waals surface area contributed by atoms with Crippen LogP contribution < -0.4 is 59.1 Å². The van der Waals surface area contributed by atoms with E-state index in [0.717, 1.165) is 25.7 Å². The molecule has 7 nitrogen and oxygen atoms in total. The summed E-state index contributed by atoms with van der Waals surface area (Å²) in [7, 11) is -5.17. The van der Waals surface area contributed by atoms with Gasteiger partial charge in [-0.05, 0) is 12.8 Å². The summed E-state index contributed by atoms with van der Waals surface area (Å²) in [5, 5.41) is 0. The summed E-state index contributed by atoms with van der Waals surface area (Å²) in [6.45, 7) is 4.37. The molecule has 0 aliphatic carbocycles. The molecule has 0 unspecified atom stereocenters. The van der Waals surface area contributed by atoms with Crippen molar-refractivity contribution in [3.05, 3.63) is 0 Å². The fourth-order valence-corrected chi connectivity index (χ4v) is 2.33. The zero-order valence-electron chi connectivity index (χ0n) is 18.2. The van der Waals surface area contributed by atoms with Gasteiger partial charge in [-0.25, -0.2) is 0 Å². The minimum atomic E-state index is -5.17. The largest absolute Gasteiger partial charge is 1.00 e. The number of unbranched alkanes of at least 4 members (excludes halogenated alkanes) is 10. The SMILES string of the molecule is CCCCCCCCC(=O)OC(=O)CCCCCCCC.O=S(=O)([O-])[O-].[Na+].[Na+]. The van der Waals surface area contributed by atoms with Crippen molar-refractivity contribution in [3.8, 4) is 0 Å². The molecule has 0 bridgehead atoms. The van der Waals surface area contributed by atoms with Crippen molar-refractivity contribution in [1.29, 1.82) is 0 Å². The van der Waals surface area contributed by atoms with Crippen LogP contribution in [0.25, 0.3) is 0 Å². The second-order valence-electron chi connectivity index (χ2n) is 6.29. The summed E-state index contributed by atoms with van der Waals surface area (Å²) >= 11 is 0. The van der Waals surface area contributed by atoms with Crippen LogP contribution in [0.3, 0.4) is 0 Å². The monoisotopic (exact) mass is 440 g/mol. The van der Waals surface area contributed by atoms with E-state index < -0.39 is 10.4 Å². The van der Waals surface area contributed by atoms with E-state index in [0.29, 0.717) is 12.8 Å². The third kappa shape index (κ3) is 41.4. The topological polar surface area (TPSA) is 124 Å². The van der Waals surface area contributed by atoms with Crippen molar-refractivity contribution in [2.24, 2.45) is 0 Å². The molecule has 28 heavy (non-hydrogen) atoms. The molecular weight excluding hydrogens is 406 g/mol. The number of carbonyl (C=O) groups excluding carboxylic acids is 2. The van der Waals surface area contributed by atoms with Gasteiger partial charge in [0.15, 0.2) is 0 Å². The number of ether oxygens (including phenoxy) is 1. The molecule has 0 fully saturated rings. The quantitative estimate of drug-likeness (QED) is 0.0782. The molecule has 0 aromatic carbocycles. The van der Waals surface area contributed by atoms with Crippen molar-refractivity contribution >= 4 is 22.3 Å². The van der Waals surface area contributed by atoms with Crippen LogP contribution >= 0.6 is 0 Å². The van der Waals surface area contributed by atoms with E-state index in [1.807, 2.05) is 0 Å². The molecule has 0 radical (unpaired) electrons. The molecule has 0 atom stereocenters. The summed E-state index contributed by atoms with van der Waals surface area (Å²) in [5.41, 5.74) is 0. The van der Waals surface area contributed by atoms with Crippen LogP contribution in [0.5, 0.6) is 0 Å². The van der Waals surface area contributed by atoms with Crippen molar-refractivity contribution < 1.29 is 91.0 Å². The van der Waals surface area contributed by atoms with Crippen LogP contribution in [0.15, 0.2) is 0 Å². The summed E-state index contributed by atoms with van der Waals surface area (Å²) in [6, 6.07) is 0. The second kappa shape index (κ2) is 26.0. The first-order valence-corrected chi connectivity index (χ1v) is 10.9. The fraction of sp³-hybridized carbons (Fsp3) is 0.889. The first-order valence-electron chi connectivity index (χ1n) is 9.60. The van der Waals surface area contributed by atoms with E-state index in [2.05, 4.69) is 13.8 Å². The summed E-state index contributed by atoms with van der Waals surface area (Å²) in [5.74, 6) is -0.692. The molecule has 0 rings (SSSR count). The average Bonchev–Trinajstić information content (AvgIpc) is 2.52. The van der Waals surface area contributed by atoms with Crippen LogP contribution in [0.4, 0.5) is 0 Å². The molecule has 0 saturated carbocycles. The Morgan fingerprint density at radius 2 is 0.893 bits per heavy atom. The Kier molecular flexibility index (Phi) is 33.8. The molecule has 0 heterocycles. The van der Waals surface area contributed by atoms with Gasteiger partial charge in [0, 0.05) is 23.2 Å². The minimum Gasteiger partial charge on any atom is -0.759 e. The average molecular weight is 441 g/mol. The molecule has 0 amide bonds. The molecule has 0 N–H and O–H groups in total. The van der Waals surface area contributed by atoms with Crippen molar-refractivity contribution in [1.82, 2.24) is 0 Å². The van der Waals surface area contributed by atoms with E-state index in [4.69, 9.17) is 22.3 Å². The summed E-state index contributed by atoms with van der Waals surface area (Å²) < 4.78 is 38.9. The first-order chi connectivity index (χ1) is 12.2. The van der Waals surface area contributed by atoms with Gasteiger partial charge in [0.05, 0.1) is 0 Å². The Labute approximate surface area is 215 Å². The molecule has 0 spiro atoms. The zero-order chi connectivity index (χ0) is 20.3. The molecular formula is C18H34Na2O7S. The normalized spacial score (nSPS) is 10.0. The zero-order valence-corrected chi connectivity index (χ0v) is 23.0. The number of hydrogen-bond acceptors (Lipinski definition) is 7. The van der Waals surface area contributed by atoms with Gasteiger partial charge in [-0.3, -0.25) is 18.0 Å². The fourth-order valence-electron chi connectivity index (χ4n) is 2.33. The predicted octanol–water partition coefficient (Wildman–Crippen LogP) is -1.77. The summed E-state index contributed by atoms with van der Waals surface area (Å²) in [6.07, 6.45) is 14.4. The first kappa shape index (κ1) is 36.4. The van der Waals surface area contributed by atoms with Crippen molar-refractivity contribution in [3.63, 3.8) is 0 Å². The maximum Gasteiger partial charge on any atom is 1.00 e. The molecule has 156 valence electrons. The van der Waals surface area contributed by atoms with Gasteiger partial charge in [-0.15, -0.1) is 0 Å². The number of esters is 2. The summed E-state index contributed by atoms with van der Waals surface area (Å²) in [4.78, 5) is 22.9. The van der Waals surface area contributed by atoms with E-state index in [9.17, 15) is 9.59 Å². The van der Waals surface area contributed by atoms with Gasteiger partial charge < -0.3 is 13.8 Å². The standard InChI is InChI=1S/C18H34O3.2Na.H2O4S/c1-3-5-7-9-11-13-15-17(19)21-18(20)16-14-12-10-8-6-4-2;;;1-5(2,3)4/h3-16H2,1-2H3;;;(H2,1,2,3,4)/q;2*+1;/p-2. The van der Waals surface area contributed by atoms with Crippen molar-refractivity contribution in [2.45, 2.75) is 104 Å². The molecule has 0 saturated heterocycles. The Balaban J connectivity index is -0.000000364. The van der Waals surface area contributed by atoms with E-state index >= 15 is 0 Å². The van der Waals surface area contributed by atoms with Crippen molar-refractivity contribution in [2.75, 3.05) is 0 Å². The number of hydrogen-bond donors (Lipinski definition) is 0. The van der Waals surface area contributed by atoms with E-state index in [-0.39, 0.29) is 71.1 Å². The molecule has 10 heteroatoms. The number of rotatable bonds is 14. The predicted molar refractivity (Wildman–Crippen MR) is 97.6 cm³/mol. The Hall–Kier alpha value is 1.01. The van der Waals surface area contributed by atoms with Gasteiger partial charge in [0.1, 0.15) is 0 Å². The maximum absolute atomic E-state index is 11.5. The van der Waals surface area contributed by atoms with E-state index in [1.165, 1.54) is 51.4 Å². The molecule has 0 aliphatic heterocycles. The van der Waals surface area contributed by atoms with Crippen LogP contribution in [-0.2, 0) is 24.7 Å². The van der Waals surface area contributed by atoms with Gasteiger partial charge >= 0.3 is 71.1 Å². The van der Waals surface area contributed by atoms with Crippen LogP contribution in [-0.4, -0.2) is 29.5 Å². The van der Waals surface area contributed by atoms with Crippen LogP contribution in [0, 0.1) is 0 Å².